The van der Waals surface area contributed by atoms with Crippen LogP contribution >= 0.6 is 0 Å². The van der Waals surface area contributed by atoms with Crippen molar-refractivity contribution in [1.82, 2.24) is 15.6 Å². The first-order chi connectivity index (χ1) is 21.1. The molecule has 2 amide bonds. The molecule has 0 unspecified atom stereocenters. The molecule has 0 spiro atoms. The van der Waals surface area contributed by atoms with E-state index < -0.39 is 18.4 Å². The van der Waals surface area contributed by atoms with Gasteiger partial charge in [-0.05, 0) is 70.7 Å². The van der Waals surface area contributed by atoms with Gasteiger partial charge in [0.2, 0.25) is 12.2 Å². The fourth-order valence-electron chi connectivity index (χ4n) is 5.15. The van der Waals surface area contributed by atoms with Gasteiger partial charge in [0.05, 0.1) is 0 Å². The number of nitrogens with zero attached hydrogens (tertiary/aromatic N) is 2. The third-order valence-corrected chi connectivity index (χ3v) is 7.33. The number of anilines is 2. The summed E-state index contributed by atoms with van der Waals surface area (Å²) in [5.74, 6) is 0.694. The Kier molecular flexibility index (Phi) is 18.4. The number of piperidine rings is 1. The number of aldehydes is 2. The molecule has 0 atom stereocenters. The molecule has 1 aliphatic carbocycles. The topological polar surface area (TPSA) is 161 Å². The molecule has 14 heteroatoms. The minimum Gasteiger partial charge on any atom is -0.357 e. The molecule has 3 heterocycles. The number of halogens is 3. The van der Waals surface area contributed by atoms with Gasteiger partial charge in [0.1, 0.15) is 30.4 Å². The fraction of sp³-hybridized carbons (Fsp3) is 0.633. The number of carbonyl (C=O) groups excluding carboxylic acids is 5. The second kappa shape index (κ2) is 21.1. The summed E-state index contributed by atoms with van der Waals surface area (Å²) >= 11 is 0. The lowest BCUT2D eigenvalue weighted by Gasteiger charge is -2.25. The van der Waals surface area contributed by atoms with E-state index in [4.69, 9.17) is 24.8 Å². The van der Waals surface area contributed by atoms with Crippen molar-refractivity contribution in [2.75, 3.05) is 36.4 Å². The number of aromatic nitrogens is 1. The van der Waals surface area contributed by atoms with Crippen LogP contribution in [0, 0.1) is 11.3 Å². The highest BCUT2D eigenvalue weighted by molar-refractivity contribution is 6.45. The van der Waals surface area contributed by atoms with E-state index in [1.165, 1.54) is 26.2 Å². The maximum atomic E-state index is 13.0. The number of carbonyl (C=O) groups is 5. The van der Waals surface area contributed by atoms with Gasteiger partial charge >= 0.3 is 6.18 Å². The SMILES string of the molecule is C=O.CC=O.N=C(C(=O)NC1CCNCC1)c1ccc(N2CCCCCC2)nc1NC(=O)C1CCCCC1.O=CC(F)(F)F. The summed E-state index contributed by atoms with van der Waals surface area (Å²) in [5, 5.41) is 17.9. The van der Waals surface area contributed by atoms with Crippen LogP contribution in [0.5, 0.6) is 0 Å². The van der Waals surface area contributed by atoms with Gasteiger partial charge in [0, 0.05) is 30.6 Å². The number of hydrogen-bond acceptors (Lipinski definition) is 9. The van der Waals surface area contributed by atoms with E-state index in [1.807, 2.05) is 12.9 Å². The molecular formula is C30H45F3N6O5. The van der Waals surface area contributed by atoms with E-state index in [-0.39, 0.29) is 23.6 Å². The highest BCUT2D eigenvalue weighted by atomic mass is 19.4. The molecule has 3 fully saturated rings. The van der Waals surface area contributed by atoms with Crippen LogP contribution in [0.1, 0.15) is 83.1 Å². The van der Waals surface area contributed by atoms with Crippen LogP contribution in [0.25, 0.3) is 0 Å². The molecule has 4 rings (SSSR count). The zero-order valence-electron chi connectivity index (χ0n) is 25.3. The van der Waals surface area contributed by atoms with Crippen LogP contribution in [0.2, 0.25) is 0 Å². The largest absolute Gasteiger partial charge is 0.446 e. The molecule has 1 aromatic heterocycles. The minimum absolute atomic E-state index is 0.0204. The average molecular weight is 627 g/mol. The molecule has 0 radical (unpaired) electrons. The number of pyridine rings is 1. The van der Waals surface area contributed by atoms with E-state index in [9.17, 15) is 22.8 Å². The van der Waals surface area contributed by atoms with Crippen molar-refractivity contribution in [3.8, 4) is 0 Å². The van der Waals surface area contributed by atoms with Crippen molar-refractivity contribution in [3.05, 3.63) is 17.7 Å². The quantitative estimate of drug-likeness (QED) is 0.272. The van der Waals surface area contributed by atoms with Crippen molar-refractivity contribution >= 4 is 48.5 Å². The molecule has 2 aliphatic heterocycles. The van der Waals surface area contributed by atoms with Crippen molar-refractivity contribution in [3.63, 3.8) is 0 Å². The summed E-state index contributed by atoms with van der Waals surface area (Å²) in [6.45, 7) is 7.06. The summed E-state index contributed by atoms with van der Waals surface area (Å²) in [6, 6.07) is 3.75. The first-order valence-corrected chi connectivity index (χ1v) is 15.0. The first-order valence-electron chi connectivity index (χ1n) is 15.0. The predicted octanol–water partition coefficient (Wildman–Crippen LogP) is 3.98. The van der Waals surface area contributed by atoms with Crippen molar-refractivity contribution < 1.29 is 37.1 Å². The summed E-state index contributed by atoms with van der Waals surface area (Å²) < 4.78 is 31.2. The monoisotopic (exact) mass is 626 g/mol. The first kappa shape index (κ1) is 38.3. The number of rotatable bonds is 6. The van der Waals surface area contributed by atoms with Gasteiger partial charge in [0.15, 0.2) is 0 Å². The normalized spacial score (nSPS) is 17.4. The fourth-order valence-corrected chi connectivity index (χ4v) is 5.15. The molecule has 3 aliphatic rings. The molecule has 246 valence electrons. The number of amides is 2. The van der Waals surface area contributed by atoms with Gasteiger partial charge in [-0.25, -0.2) is 4.98 Å². The predicted molar refractivity (Wildman–Crippen MR) is 162 cm³/mol. The lowest BCUT2D eigenvalue weighted by Crippen LogP contribution is -2.45. The summed E-state index contributed by atoms with van der Waals surface area (Å²) in [6.07, 6.45) is 6.56. The van der Waals surface area contributed by atoms with E-state index in [1.54, 1.807) is 6.07 Å². The number of hydrogen-bond donors (Lipinski definition) is 4. The lowest BCUT2D eigenvalue weighted by atomic mass is 9.88. The second-order valence-corrected chi connectivity index (χ2v) is 10.6. The summed E-state index contributed by atoms with van der Waals surface area (Å²) in [7, 11) is 0. The summed E-state index contributed by atoms with van der Waals surface area (Å²) in [5.41, 5.74) is 0.256. The molecule has 44 heavy (non-hydrogen) atoms. The second-order valence-electron chi connectivity index (χ2n) is 10.6. The molecule has 4 N–H and O–H groups in total. The molecule has 2 saturated heterocycles. The average Bonchev–Trinajstić information content (AvgIpc) is 3.33. The standard InChI is InChI=1S/C25H38N6O2.C2HF3O.C2H4O.CH2O/c26-22(25(33)28-19-12-14-27-15-13-19)20-10-11-21(31-16-6-1-2-7-17-31)29-23(20)30-24(32)18-8-4-3-5-9-18;3-2(4,5)1-6;1-2-3;1-2/h10-11,18-19,26-27H,1-9,12-17H2,(H,28,33)(H,29,30,32);1H;2H,1H3;1H2. The number of nitrogens with one attached hydrogen (secondary N) is 4. The van der Waals surface area contributed by atoms with Gasteiger partial charge in [0.25, 0.3) is 5.91 Å². The van der Waals surface area contributed by atoms with Crippen LogP contribution in [0.15, 0.2) is 12.1 Å². The van der Waals surface area contributed by atoms with Crippen LogP contribution in [-0.2, 0) is 24.0 Å². The Bertz CT molecular complexity index is 1050. The molecule has 0 aromatic carbocycles. The van der Waals surface area contributed by atoms with E-state index >= 15 is 0 Å². The minimum atomic E-state index is -4.64. The molecule has 11 nitrogen and oxygen atoms in total. The van der Waals surface area contributed by atoms with Crippen molar-refractivity contribution in [2.45, 2.75) is 89.8 Å². The van der Waals surface area contributed by atoms with Gasteiger partial charge in [-0.3, -0.25) is 19.8 Å². The Labute approximate surface area is 256 Å². The molecular weight excluding hydrogens is 581 g/mol. The van der Waals surface area contributed by atoms with Crippen molar-refractivity contribution in [1.29, 1.82) is 5.41 Å². The van der Waals surface area contributed by atoms with Crippen LogP contribution in [0.3, 0.4) is 0 Å². The zero-order valence-corrected chi connectivity index (χ0v) is 25.3. The van der Waals surface area contributed by atoms with Crippen LogP contribution < -0.4 is 20.9 Å². The highest BCUT2D eigenvalue weighted by Crippen LogP contribution is 2.27. The van der Waals surface area contributed by atoms with Crippen LogP contribution in [0.4, 0.5) is 24.8 Å². The Hall–Kier alpha value is -3.68. The third kappa shape index (κ3) is 14.2. The van der Waals surface area contributed by atoms with E-state index in [0.29, 0.717) is 11.4 Å². The molecule has 1 aromatic rings. The highest BCUT2D eigenvalue weighted by Gasteiger charge is 2.27. The third-order valence-electron chi connectivity index (χ3n) is 7.33. The van der Waals surface area contributed by atoms with Crippen LogP contribution in [-0.4, -0.2) is 80.3 Å². The van der Waals surface area contributed by atoms with E-state index in [2.05, 4.69) is 20.9 Å². The van der Waals surface area contributed by atoms with Crippen molar-refractivity contribution in [2.24, 2.45) is 5.92 Å². The Morgan fingerprint density at radius 1 is 0.977 bits per heavy atom. The molecule has 1 saturated carbocycles. The maximum Gasteiger partial charge on any atom is 0.446 e. The Balaban J connectivity index is 0.000000765. The van der Waals surface area contributed by atoms with Gasteiger partial charge in [-0.1, -0.05) is 32.1 Å². The van der Waals surface area contributed by atoms with Gasteiger partial charge < -0.3 is 30.4 Å². The maximum absolute atomic E-state index is 13.0. The Morgan fingerprint density at radius 3 is 2.02 bits per heavy atom. The smallest absolute Gasteiger partial charge is 0.357 e. The van der Waals surface area contributed by atoms with E-state index in [0.717, 1.165) is 89.6 Å². The summed E-state index contributed by atoms with van der Waals surface area (Å²) in [4.78, 5) is 58.5. The van der Waals surface area contributed by atoms with Gasteiger partial charge in [-0.15, -0.1) is 0 Å². The Morgan fingerprint density at radius 2 is 1.50 bits per heavy atom. The lowest BCUT2D eigenvalue weighted by molar-refractivity contribution is -0.156. The molecule has 0 bridgehead atoms. The van der Waals surface area contributed by atoms with Gasteiger partial charge in [-0.2, -0.15) is 13.2 Å². The number of alkyl halides is 3. The zero-order chi connectivity index (χ0) is 33.0.